The van der Waals surface area contributed by atoms with Gasteiger partial charge in [0.25, 0.3) is 0 Å². The van der Waals surface area contributed by atoms with Crippen molar-refractivity contribution in [2.75, 3.05) is 19.5 Å². The van der Waals surface area contributed by atoms with E-state index < -0.39 is 0 Å². The molecule has 58 valence electrons. The van der Waals surface area contributed by atoms with Crippen LogP contribution in [0.15, 0.2) is 10.8 Å². The lowest BCUT2D eigenvalue weighted by Crippen LogP contribution is -2.09. The zero-order valence-electron chi connectivity index (χ0n) is 6.68. The van der Waals surface area contributed by atoms with E-state index >= 15 is 0 Å². The van der Waals surface area contributed by atoms with E-state index in [2.05, 4.69) is 18.9 Å². The first-order chi connectivity index (χ1) is 4.75. The Labute approximate surface area is 66.2 Å². The van der Waals surface area contributed by atoms with Gasteiger partial charge < -0.3 is 9.64 Å². The summed E-state index contributed by atoms with van der Waals surface area (Å²) in [7, 11) is 2.08. The summed E-state index contributed by atoms with van der Waals surface area (Å²) in [4.78, 5) is 2.19. The van der Waals surface area contributed by atoms with Gasteiger partial charge in [0.15, 0.2) is 5.09 Å². The molecule has 0 aromatic rings. The molecule has 0 fully saturated rings. The van der Waals surface area contributed by atoms with Crippen molar-refractivity contribution in [3.05, 3.63) is 10.8 Å². The number of ether oxygens (including phenoxy) is 1. The highest BCUT2D eigenvalue weighted by molar-refractivity contribution is 8.03. The SMILES string of the molecule is CCOC1=C(C)N(C)CS1. The molecular formula is C7H13NOS. The van der Waals surface area contributed by atoms with Gasteiger partial charge in [-0.1, -0.05) is 11.8 Å². The Morgan fingerprint density at radius 3 is 2.80 bits per heavy atom. The molecule has 1 rings (SSSR count). The number of allylic oxidation sites excluding steroid dienone is 1. The van der Waals surface area contributed by atoms with E-state index in [1.54, 1.807) is 11.8 Å². The average Bonchev–Trinajstić information content (AvgIpc) is 2.20. The van der Waals surface area contributed by atoms with E-state index in [9.17, 15) is 0 Å². The lowest BCUT2D eigenvalue weighted by Gasteiger charge is -2.09. The molecule has 0 atom stereocenters. The highest BCUT2D eigenvalue weighted by Crippen LogP contribution is 2.30. The van der Waals surface area contributed by atoms with Crippen LogP contribution in [0.2, 0.25) is 0 Å². The predicted molar refractivity (Wildman–Crippen MR) is 44.5 cm³/mol. The topological polar surface area (TPSA) is 12.5 Å². The number of thioether (sulfide) groups is 1. The summed E-state index contributed by atoms with van der Waals surface area (Å²) in [5, 5.41) is 1.09. The van der Waals surface area contributed by atoms with Crippen LogP contribution in [0.1, 0.15) is 13.8 Å². The quantitative estimate of drug-likeness (QED) is 0.610. The van der Waals surface area contributed by atoms with Crippen LogP contribution in [-0.2, 0) is 4.74 Å². The maximum absolute atomic E-state index is 5.39. The standard InChI is InChI=1S/C7H13NOS/c1-4-9-7-6(2)8(3)5-10-7/h4-5H2,1-3H3. The van der Waals surface area contributed by atoms with Crippen molar-refractivity contribution in [2.24, 2.45) is 0 Å². The largest absolute Gasteiger partial charge is 0.486 e. The Morgan fingerprint density at radius 2 is 2.40 bits per heavy atom. The van der Waals surface area contributed by atoms with Gasteiger partial charge in [0, 0.05) is 7.05 Å². The molecule has 1 heterocycles. The summed E-state index contributed by atoms with van der Waals surface area (Å²) in [5.74, 6) is 1.03. The van der Waals surface area contributed by atoms with Crippen LogP contribution in [0.25, 0.3) is 0 Å². The molecule has 0 aliphatic carbocycles. The summed E-state index contributed by atoms with van der Waals surface area (Å²) in [5.41, 5.74) is 1.26. The molecule has 2 nitrogen and oxygen atoms in total. The van der Waals surface area contributed by atoms with Crippen molar-refractivity contribution >= 4 is 11.8 Å². The number of hydrogen-bond donors (Lipinski definition) is 0. The van der Waals surface area contributed by atoms with Crippen molar-refractivity contribution in [1.29, 1.82) is 0 Å². The highest BCUT2D eigenvalue weighted by Gasteiger charge is 2.16. The first kappa shape index (κ1) is 7.79. The fourth-order valence-corrected chi connectivity index (χ4v) is 1.86. The van der Waals surface area contributed by atoms with Gasteiger partial charge in [-0.25, -0.2) is 0 Å². The highest BCUT2D eigenvalue weighted by atomic mass is 32.2. The van der Waals surface area contributed by atoms with Gasteiger partial charge >= 0.3 is 0 Å². The second kappa shape index (κ2) is 3.19. The van der Waals surface area contributed by atoms with E-state index in [1.165, 1.54) is 5.70 Å². The van der Waals surface area contributed by atoms with Crippen molar-refractivity contribution in [3.8, 4) is 0 Å². The molecule has 0 aromatic heterocycles. The van der Waals surface area contributed by atoms with Gasteiger partial charge in [-0.15, -0.1) is 0 Å². The molecule has 0 spiro atoms. The molecule has 0 saturated carbocycles. The molecule has 0 N–H and O–H groups in total. The first-order valence-electron chi connectivity index (χ1n) is 3.43. The normalized spacial score (nSPS) is 18.5. The molecular weight excluding hydrogens is 146 g/mol. The van der Waals surface area contributed by atoms with E-state index in [-0.39, 0.29) is 0 Å². The van der Waals surface area contributed by atoms with E-state index in [0.717, 1.165) is 17.6 Å². The number of nitrogens with zero attached hydrogens (tertiary/aromatic N) is 1. The number of hydrogen-bond acceptors (Lipinski definition) is 3. The van der Waals surface area contributed by atoms with Crippen molar-refractivity contribution in [3.63, 3.8) is 0 Å². The first-order valence-corrected chi connectivity index (χ1v) is 4.42. The molecule has 1 aliphatic rings. The van der Waals surface area contributed by atoms with E-state index in [1.807, 2.05) is 6.92 Å². The Kier molecular flexibility index (Phi) is 2.49. The van der Waals surface area contributed by atoms with Gasteiger partial charge in [-0.2, -0.15) is 0 Å². The molecule has 1 aliphatic heterocycles. The van der Waals surface area contributed by atoms with Gasteiger partial charge in [0.05, 0.1) is 18.2 Å². The second-order valence-corrected chi connectivity index (χ2v) is 3.19. The molecule has 0 radical (unpaired) electrons. The van der Waals surface area contributed by atoms with Crippen molar-refractivity contribution in [2.45, 2.75) is 13.8 Å². The van der Waals surface area contributed by atoms with Gasteiger partial charge in [-0.3, -0.25) is 0 Å². The summed E-state index contributed by atoms with van der Waals surface area (Å²) < 4.78 is 5.39. The Balaban J connectivity index is 2.56. The smallest absolute Gasteiger partial charge is 0.173 e. The van der Waals surface area contributed by atoms with Crippen LogP contribution in [-0.4, -0.2) is 24.4 Å². The van der Waals surface area contributed by atoms with Crippen molar-refractivity contribution < 1.29 is 4.74 Å². The van der Waals surface area contributed by atoms with Crippen LogP contribution in [0, 0.1) is 0 Å². The zero-order valence-corrected chi connectivity index (χ0v) is 7.49. The second-order valence-electron chi connectivity index (χ2n) is 2.28. The van der Waals surface area contributed by atoms with Crippen LogP contribution < -0.4 is 0 Å². The van der Waals surface area contributed by atoms with Crippen LogP contribution in [0.4, 0.5) is 0 Å². The maximum Gasteiger partial charge on any atom is 0.173 e. The van der Waals surface area contributed by atoms with Gasteiger partial charge in [0.2, 0.25) is 0 Å². The Bertz CT molecular complexity index is 156. The van der Waals surface area contributed by atoms with Gasteiger partial charge in [-0.05, 0) is 13.8 Å². The summed E-state index contributed by atoms with van der Waals surface area (Å²) in [6.45, 7) is 4.87. The predicted octanol–water partition coefficient (Wildman–Crippen LogP) is 1.85. The fraction of sp³-hybridized carbons (Fsp3) is 0.714. The zero-order chi connectivity index (χ0) is 7.56. The summed E-state index contributed by atoms with van der Waals surface area (Å²) >= 11 is 1.77. The van der Waals surface area contributed by atoms with E-state index in [4.69, 9.17) is 4.74 Å². The monoisotopic (exact) mass is 159 g/mol. The van der Waals surface area contributed by atoms with Crippen LogP contribution in [0.3, 0.4) is 0 Å². The minimum Gasteiger partial charge on any atom is -0.486 e. The van der Waals surface area contributed by atoms with Crippen LogP contribution >= 0.6 is 11.8 Å². The molecule has 0 amide bonds. The third kappa shape index (κ3) is 1.40. The summed E-state index contributed by atoms with van der Waals surface area (Å²) in [6.07, 6.45) is 0. The average molecular weight is 159 g/mol. The minimum atomic E-state index is 0.771. The van der Waals surface area contributed by atoms with Gasteiger partial charge in [0.1, 0.15) is 0 Å². The van der Waals surface area contributed by atoms with Crippen molar-refractivity contribution in [1.82, 2.24) is 4.90 Å². The molecule has 0 aromatic carbocycles. The maximum atomic E-state index is 5.39. The molecule has 0 bridgehead atoms. The lowest BCUT2D eigenvalue weighted by atomic mass is 10.5. The number of rotatable bonds is 2. The Morgan fingerprint density at radius 1 is 1.70 bits per heavy atom. The van der Waals surface area contributed by atoms with E-state index in [0.29, 0.717) is 0 Å². The summed E-state index contributed by atoms with van der Waals surface area (Å²) in [6, 6.07) is 0. The van der Waals surface area contributed by atoms with Crippen LogP contribution in [0.5, 0.6) is 0 Å². The molecule has 10 heavy (non-hydrogen) atoms. The molecule has 0 unspecified atom stereocenters. The Hall–Kier alpha value is -0.310. The lowest BCUT2D eigenvalue weighted by molar-refractivity contribution is 0.250. The molecule has 0 saturated heterocycles. The minimum absolute atomic E-state index is 0.771. The molecule has 3 heteroatoms. The third-order valence-electron chi connectivity index (χ3n) is 1.53. The third-order valence-corrected chi connectivity index (χ3v) is 2.72. The fourth-order valence-electron chi connectivity index (χ4n) is 0.790.